The van der Waals surface area contributed by atoms with E-state index in [1.54, 1.807) is 10.8 Å². The number of fused-ring (bicyclic) bond motifs is 4. The van der Waals surface area contributed by atoms with E-state index in [1.165, 1.54) is 12.8 Å². The van der Waals surface area contributed by atoms with Gasteiger partial charge in [0.2, 0.25) is 11.9 Å². The Morgan fingerprint density at radius 2 is 2.00 bits per heavy atom. The molecular weight excluding hydrogens is 354 g/mol. The van der Waals surface area contributed by atoms with E-state index >= 15 is 0 Å². The summed E-state index contributed by atoms with van der Waals surface area (Å²) in [5, 5.41) is 7.54. The number of hydrogen-bond acceptors (Lipinski definition) is 8. The van der Waals surface area contributed by atoms with E-state index in [2.05, 4.69) is 30.2 Å². The first-order valence-electron chi connectivity index (χ1n) is 9.70. The molecule has 2 aliphatic rings. The molecule has 5 heterocycles. The van der Waals surface area contributed by atoms with E-state index in [0.29, 0.717) is 5.95 Å². The minimum absolute atomic E-state index is 0.566. The first kappa shape index (κ1) is 16.9. The molecule has 9 nitrogen and oxygen atoms in total. The molecule has 9 heteroatoms. The highest BCUT2D eigenvalue weighted by Crippen LogP contribution is 2.36. The van der Waals surface area contributed by atoms with Crippen molar-refractivity contribution in [3.05, 3.63) is 30.4 Å². The maximum Gasteiger partial charge on any atom is 0.229 e. The lowest BCUT2D eigenvalue weighted by molar-refractivity contribution is 0.661. The Hall–Kier alpha value is -3.23. The Kier molecular flexibility index (Phi) is 4.07. The summed E-state index contributed by atoms with van der Waals surface area (Å²) >= 11 is 0. The summed E-state index contributed by atoms with van der Waals surface area (Å²) in [4.78, 5) is 22.7. The first-order chi connectivity index (χ1) is 13.7. The van der Waals surface area contributed by atoms with Gasteiger partial charge in [-0.3, -0.25) is 9.89 Å². The number of anilines is 4. The fraction of sp³-hybridized carbons (Fsp3) is 0.421. The van der Waals surface area contributed by atoms with E-state index in [-0.39, 0.29) is 0 Å². The quantitative estimate of drug-likeness (QED) is 0.735. The summed E-state index contributed by atoms with van der Waals surface area (Å²) in [5.74, 6) is 2.46. The number of guanidine groups is 1. The Bertz CT molecular complexity index is 1050. The molecule has 3 aromatic rings. The summed E-state index contributed by atoms with van der Waals surface area (Å²) in [6, 6.07) is 1.99. The van der Waals surface area contributed by atoms with Crippen molar-refractivity contribution in [2.75, 3.05) is 35.3 Å². The van der Waals surface area contributed by atoms with Crippen molar-refractivity contribution in [3.8, 4) is 0 Å². The number of aromatic nitrogens is 5. The minimum atomic E-state index is 0.566. The Labute approximate surface area is 163 Å². The van der Waals surface area contributed by atoms with Crippen LogP contribution in [-0.2, 0) is 0 Å². The highest BCUT2D eigenvalue weighted by atomic mass is 15.5. The van der Waals surface area contributed by atoms with Gasteiger partial charge in [-0.25, -0.2) is 14.5 Å². The summed E-state index contributed by atoms with van der Waals surface area (Å²) in [7, 11) is 2.04. The predicted octanol–water partition coefficient (Wildman–Crippen LogP) is 2.76. The maximum atomic E-state index is 4.83. The van der Waals surface area contributed by atoms with Crippen LogP contribution in [0.15, 0.2) is 29.8 Å². The van der Waals surface area contributed by atoms with Crippen LogP contribution in [0.5, 0.6) is 0 Å². The molecule has 1 N–H and O–H groups in total. The van der Waals surface area contributed by atoms with E-state index in [1.807, 2.05) is 32.4 Å². The zero-order chi connectivity index (χ0) is 19.1. The van der Waals surface area contributed by atoms with Gasteiger partial charge in [0.25, 0.3) is 0 Å². The fourth-order valence-corrected chi connectivity index (χ4v) is 3.77. The van der Waals surface area contributed by atoms with E-state index in [9.17, 15) is 0 Å². The minimum Gasteiger partial charge on any atom is -0.323 e. The predicted molar refractivity (Wildman–Crippen MR) is 110 cm³/mol. The van der Waals surface area contributed by atoms with Crippen LogP contribution in [-0.4, -0.2) is 50.7 Å². The third-order valence-electron chi connectivity index (χ3n) is 5.32. The second-order valence-corrected chi connectivity index (χ2v) is 7.27. The summed E-state index contributed by atoms with van der Waals surface area (Å²) in [5.41, 5.74) is 3.78. The molecule has 0 aromatic carbocycles. The Balaban J connectivity index is 1.49. The highest BCUT2D eigenvalue weighted by Gasteiger charge is 2.32. The van der Waals surface area contributed by atoms with Gasteiger partial charge in [0.1, 0.15) is 12.0 Å². The standard InChI is InChI=1S/C19H23N9/c1-13-9-16-22-12-23-28(16)11-14(13)24-18-21-10-15-17(25-18)27-8-6-4-3-5-7-20-19(27)26(15)2/h9-12H,3-8H2,1-2H3,(H,21,24,25). The average molecular weight is 377 g/mol. The maximum absolute atomic E-state index is 4.83. The molecule has 0 bridgehead atoms. The van der Waals surface area contributed by atoms with Gasteiger partial charge in [0.05, 0.1) is 18.1 Å². The molecule has 144 valence electrons. The molecular formula is C19H23N9. The smallest absolute Gasteiger partial charge is 0.229 e. The topological polar surface area (TPSA) is 86.8 Å². The van der Waals surface area contributed by atoms with Gasteiger partial charge in [-0.2, -0.15) is 10.1 Å². The zero-order valence-corrected chi connectivity index (χ0v) is 16.1. The molecule has 0 unspecified atom stereocenters. The third-order valence-corrected chi connectivity index (χ3v) is 5.32. The largest absolute Gasteiger partial charge is 0.323 e. The van der Waals surface area contributed by atoms with E-state index in [4.69, 9.17) is 9.98 Å². The van der Waals surface area contributed by atoms with Gasteiger partial charge >= 0.3 is 0 Å². The van der Waals surface area contributed by atoms with Gasteiger partial charge in [0.15, 0.2) is 11.5 Å². The monoisotopic (exact) mass is 377 g/mol. The molecule has 0 aliphatic carbocycles. The summed E-state index contributed by atoms with van der Waals surface area (Å²) in [6.45, 7) is 3.82. The SMILES string of the molecule is Cc1cc2ncnn2cc1Nc1ncc2c(n1)N1CCCCCCN=C1N2C. The lowest BCUT2D eigenvalue weighted by atomic mass is 10.2. The second-order valence-electron chi connectivity index (χ2n) is 7.27. The number of hydrogen-bond donors (Lipinski definition) is 1. The van der Waals surface area contributed by atoms with Crippen molar-refractivity contribution >= 4 is 34.7 Å². The number of aliphatic imine (C=N–C) groups is 1. The molecule has 2 aliphatic heterocycles. The van der Waals surface area contributed by atoms with Crippen LogP contribution in [0.4, 0.5) is 23.1 Å². The van der Waals surface area contributed by atoms with Gasteiger partial charge < -0.3 is 10.2 Å². The summed E-state index contributed by atoms with van der Waals surface area (Å²) in [6.07, 6.45) is 10.1. The molecule has 0 spiro atoms. The molecule has 0 radical (unpaired) electrons. The zero-order valence-electron chi connectivity index (χ0n) is 16.1. The van der Waals surface area contributed by atoms with Crippen LogP contribution in [0.3, 0.4) is 0 Å². The van der Waals surface area contributed by atoms with Gasteiger partial charge in [-0.05, 0) is 31.4 Å². The Morgan fingerprint density at radius 3 is 2.93 bits per heavy atom. The van der Waals surface area contributed by atoms with Crippen molar-refractivity contribution in [3.63, 3.8) is 0 Å². The Morgan fingerprint density at radius 1 is 1.11 bits per heavy atom. The fourth-order valence-electron chi connectivity index (χ4n) is 3.77. The van der Waals surface area contributed by atoms with Crippen LogP contribution in [0.2, 0.25) is 0 Å². The number of nitrogens with zero attached hydrogens (tertiary/aromatic N) is 8. The van der Waals surface area contributed by atoms with Crippen LogP contribution < -0.4 is 15.1 Å². The molecule has 0 saturated carbocycles. The van der Waals surface area contributed by atoms with Crippen molar-refractivity contribution < 1.29 is 0 Å². The number of aryl methyl sites for hydroxylation is 1. The molecule has 0 fully saturated rings. The van der Waals surface area contributed by atoms with Crippen molar-refractivity contribution in [2.45, 2.75) is 32.6 Å². The van der Waals surface area contributed by atoms with E-state index < -0.39 is 0 Å². The summed E-state index contributed by atoms with van der Waals surface area (Å²) < 4.78 is 1.74. The molecule has 0 atom stereocenters. The van der Waals surface area contributed by atoms with Gasteiger partial charge in [-0.15, -0.1) is 0 Å². The molecule has 28 heavy (non-hydrogen) atoms. The molecule has 0 amide bonds. The van der Waals surface area contributed by atoms with Crippen LogP contribution in [0.25, 0.3) is 5.65 Å². The second kappa shape index (κ2) is 6.74. The number of pyridine rings is 1. The normalized spacial score (nSPS) is 16.9. The van der Waals surface area contributed by atoms with Crippen molar-refractivity contribution in [1.29, 1.82) is 0 Å². The van der Waals surface area contributed by atoms with Crippen molar-refractivity contribution in [2.24, 2.45) is 4.99 Å². The first-order valence-corrected chi connectivity index (χ1v) is 9.70. The average Bonchev–Trinajstić information content (AvgIpc) is 3.26. The highest BCUT2D eigenvalue weighted by molar-refractivity contribution is 6.14. The van der Waals surface area contributed by atoms with Gasteiger partial charge in [-0.1, -0.05) is 12.8 Å². The molecule has 0 saturated heterocycles. The van der Waals surface area contributed by atoms with Crippen LogP contribution in [0.1, 0.15) is 31.2 Å². The molecule has 5 rings (SSSR count). The van der Waals surface area contributed by atoms with E-state index in [0.717, 1.165) is 60.3 Å². The van der Waals surface area contributed by atoms with Crippen LogP contribution in [0, 0.1) is 6.92 Å². The lowest BCUT2D eigenvalue weighted by Crippen LogP contribution is -2.37. The molecule has 3 aromatic heterocycles. The van der Waals surface area contributed by atoms with Crippen LogP contribution >= 0.6 is 0 Å². The van der Waals surface area contributed by atoms with Crippen molar-refractivity contribution in [1.82, 2.24) is 24.6 Å². The van der Waals surface area contributed by atoms with Gasteiger partial charge in [0, 0.05) is 20.1 Å². The number of nitrogens with one attached hydrogen (secondary N) is 1. The lowest BCUT2D eigenvalue weighted by Gasteiger charge is -2.19. The third kappa shape index (κ3) is 2.83. The number of rotatable bonds is 2.